The molecule has 0 amide bonds. The van der Waals surface area contributed by atoms with Crippen molar-refractivity contribution in [1.29, 1.82) is 0 Å². The molecule has 0 saturated heterocycles. The highest BCUT2D eigenvalue weighted by molar-refractivity contribution is 5.30. The van der Waals surface area contributed by atoms with E-state index in [1.165, 1.54) is 15.3 Å². The number of pyridine rings is 1. The highest BCUT2D eigenvalue weighted by Gasteiger charge is 2.09. The first kappa shape index (κ1) is 12.2. The first-order chi connectivity index (χ1) is 9.74. The first-order valence-electron chi connectivity index (χ1n) is 5.93. The van der Waals surface area contributed by atoms with Crippen LogP contribution >= 0.6 is 0 Å². The number of rotatable bonds is 3. The van der Waals surface area contributed by atoms with Gasteiger partial charge in [0.2, 0.25) is 0 Å². The lowest BCUT2D eigenvalue weighted by molar-refractivity contribution is 0.587. The molecule has 0 aliphatic rings. The van der Waals surface area contributed by atoms with Crippen molar-refractivity contribution in [3.63, 3.8) is 0 Å². The van der Waals surface area contributed by atoms with Gasteiger partial charge in [0.1, 0.15) is 5.82 Å². The van der Waals surface area contributed by atoms with Crippen molar-refractivity contribution in [3.05, 3.63) is 70.7 Å². The molecule has 0 aliphatic heterocycles. The number of benzene rings is 1. The number of hydrogen-bond donors (Lipinski definition) is 0. The van der Waals surface area contributed by atoms with E-state index in [2.05, 4.69) is 15.5 Å². The minimum absolute atomic E-state index is 0.0957. The molecule has 0 atom stereocenters. The van der Waals surface area contributed by atoms with Gasteiger partial charge in [-0.1, -0.05) is 18.2 Å². The Kier molecular flexibility index (Phi) is 3.08. The van der Waals surface area contributed by atoms with Crippen LogP contribution in [0.3, 0.4) is 0 Å². The number of halogens is 1. The van der Waals surface area contributed by atoms with E-state index in [0.717, 1.165) is 18.0 Å². The second-order valence-electron chi connectivity index (χ2n) is 4.16. The van der Waals surface area contributed by atoms with Gasteiger partial charge in [0.05, 0.1) is 12.2 Å². The van der Waals surface area contributed by atoms with E-state index in [4.69, 9.17) is 0 Å². The Balaban J connectivity index is 1.99. The van der Waals surface area contributed by atoms with Crippen LogP contribution in [0.25, 0.3) is 5.69 Å². The fourth-order valence-corrected chi connectivity index (χ4v) is 1.85. The quantitative estimate of drug-likeness (QED) is 0.713. The maximum atomic E-state index is 13.2. The number of nitrogens with zero attached hydrogens (tertiary/aromatic N) is 5. The van der Waals surface area contributed by atoms with Crippen molar-refractivity contribution in [2.75, 3.05) is 0 Å². The Bertz CT molecular complexity index is 781. The highest BCUT2D eigenvalue weighted by atomic mass is 19.1. The van der Waals surface area contributed by atoms with Crippen LogP contribution in [0.4, 0.5) is 4.39 Å². The van der Waals surface area contributed by atoms with Crippen molar-refractivity contribution in [3.8, 4) is 5.69 Å². The van der Waals surface area contributed by atoms with Crippen LogP contribution in [-0.4, -0.2) is 24.8 Å². The van der Waals surface area contributed by atoms with Gasteiger partial charge in [-0.05, 0) is 28.6 Å². The fraction of sp³-hybridized carbons (Fsp3) is 0.0769. The number of aromatic nitrogens is 5. The van der Waals surface area contributed by atoms with E-state index in [0.29, 0.717) is 5.82 Å². The lowest BCUT2D eigenvalue weighted by atomic mass is 10.3. The van der Waals surface area contributed by atoms with Crippen LogP contribution in [0, 0.1) is 5.82 Å². The second-order valence-corrected chi connectivity index (χ2v) is 4.16. The maximum Gasteiger partial charge on any atom is 0.251 e. The topological polar surface area (TPSA) is 65.6 Å². The van der Waals surface area contributed by atoms with Gasteiger partial charge in [0.25, 0.3) is 5.56 Å². The van der Waals surface area contributed by atoms with Crippen LogP contribution in [0.1, 0.15) is 5.82 Å². The third-order valence-corrected chi connectivity index (χ3v) is 2.79. The summed E-state index contributed by atoms with van der Waals surface area (Å²) in [7, 11) is 0. The Labute approximate surface area is 113 Å². The highest BCUT2D eigenvalue weighted by Crippen LogP contribution is 2.07. The summed E-state index contributed by atoms with van der Waals surface area (Å²) in [5, 5.41) is 11.4. The van der Waals surface area contributed by atoms with Gasteiger partial charge in [-0.2, -0.15) is 4.68 Å². The lowest BCUT2D eigenvalue weighted by Crippen LogP contribution is -2.21. The molecule has 20 heavy (non-hydrogen) atoms. The summed E-state index contributed by atoms with van der Waals surface area (Å²) in [6.07, 6.45) is 1.13. The third kappa shape index (κ3) is 2.33. The molecule has 0 bridgehead atoms. The zero-order valence-electron chi connectivity index (χ0n) is 10.3. The summed E-state index contributed by atoms with van der Waals surface area (Å²) in [4.78, 5) is 11.7. The maximum absolute atomic E-state index is 13.2. The van der Waals surface area contributed by atoms with Crippen molar-refractivity contribution in [2.24, 2.45) is 0 Å². The normalized spacial score (nSPS) is 10.7. The standard InChI is InChI=1S/C13H10FN5O/c14-10-6-7-13(20)18(8-10)9-12-15-16-17-19(12)11-4-2-1-3-5-11/h1-8H,9H2. The van der Waals surface area contributed by atoms with Crippen molar-refractivity contribution < 1.29 is 4.39 Å². The summed E-state index contributed by atoms with van der Waals surface area (Å²) >= 11 is 0. The Morgan fingerprint density at radius 2 is 1.90 bits per heavy atom. The zero-order chi connectivity index (χ0) is 13.9. The average Bonchev–Trinajstić information content (AvgIpc) is 2.92. The molecule has 2 aromatic heterocycles. The Hall–Kier alpha value is -2.83. The van der Waals surface area contributed by atoms with Crippen LogP contribution < -0.4 is 5.56 Å². The number of hydrogen-bond acceptors (Lipinski definition) is 4. The molecule has 3 aromatic rings. The van der Waals surface area contributed by atoms with E-state index in [1.54, 1.807) is 0 Å². The third-order valence-electron chi connectivity index (χ3n) is 2.79. The second kappa shape index (κ2) is 5.04. The summed E-state index contributed by atoms with van der Waals surface area (Å²) in [5.74, 6) is -0.0350. The zero-order valence-corrected chi connectivity index (χ0v) is 10.3. The predicted molar refractivity (Wildman–Crippen MR) is 68.9 cm³/mol. The van der Waals surface area contributed by atoms with Crippen molar-refractivity contribution >= 4 is 0 Å². The van der Waals surface area contributed by atoms with E-state index in [-0.39, 0.29) is 12.1 Å². The molecule has 7 heteroatoms. The molecule has 6 nitrogen and oxygen atoms in total. The molecule has 0 radical (unpaired) electrons. The van der Waals surface area contributed by atoms with E-state index >= 15 is 0 Å². The summed E-state index contributed by atoms with van der Waals surface area (Å²) < 4.78 is 15.9. The number of para-hydroxylation sites is 1. The summed E-state index contributed by atoms with van der Waals surface area (Å²) in [5.41, 5.74) is 0.464. The Morgan fingerprint density at radius 1 is 1.10 bits per heavy atom. The van der Waals surface area contributed by atoms with Gasteiger partial charge in [0, 0.05) is 12.3 Å². The average molecular weight is 271 g/mol. The van der Waals surface area contributed by atoms with Crippen molar-refractivity contribution in [1.82, 2.24) is 24.8 Å². The van der Waals surface area contributed by atoms with E-state index < -0.39 is 5.82 Å². The summed E-state index contributed by atoms with van der Waals surface area (Å²) in [6, 6.07) is 11.6. The molecule has 100 valence electrons. The molecule has 0 spiro atoms. The van der Waals surface area contributed by atoms with E-state index in [1.807, 2.05) is 30.3 Å². The first-order valence-corrected chi connectivity index (χ1v) is 5.93. The van der Waals surface area contributed by atoms with Crippen LogP contribution in [0.15, 0.2) is 53.5 Å². The van der Waals surface area contributed by atoms with Gasteiger partial charge in [0.15, 0.2) is 5.82 Å². The molecule has 0 unspecified atom stereocenters. The fourth-order valence-electron chi connectivity index (χ4n) is 1.85. The van der Waals surface area contributed by atoms with Gasteiger partial charge >= 0.3 is 0 Å². The van der Waals surface area contributed by atoms with Gasteiger partial charge in [-0.3, -0.25) is 4.79 Å². The molecule has 2 heterocycles. The molecule has 0 aliphatic carbocycles. The minimum atomic E-state index is -0.483. The molecular weight excluding hydrogens is 261 g/mol. The molecule has 1 aromatic carbocycles. The summed E-state index contributed by atoms with van der Waals surface area (Å²) in [6.45, 7) is 0.0957. The predicted octanol–water partition coefficient (Wildman–Crippen LogP) is 1.01. The van der Waals surface area contributed by atoms with Gasteiger partial charge < -0.3 is 4.57 Å². The molecule has 0 N–H and O–H groups in total. The van der Waals surface area contributed by atoms with E-state index in [9.17, 15) is 9.18 Å². The molecular formula is C13H10FN5O. The van der Waals surface area contributed by atoms with Crippen LogP contribution in [0.5, 0.6) is 0 Å². The smallest absolute Gasteiger partial charge is 0.251 e. The number of tetrazole rings is 1. The lowest BCUT2D eigenvalue weighted by Gasteiger charge is -2.06. The molecule has 0 fully saturated rings. The molecule has 0 saturated carbocycles. The largest absolute Gasteiger partial charge is 0.305 e. The Morgan fingerprint density at radius 3 is 2.70 bits per heavy atom. The molecule has 3 rings (SSSR count). The van der Waals surface area contributed by atoms with Gasteiger partial charge in [-0.25, -0.2) is 4.39 Å². The minimum Gasteiger partial charge on any atom is -0.305 e. The van der Waals surface area contributed by atoms with Crippen LogP contribution in [0.2, 0.25) is 0 Å². The van der Waals surface area contributed by atoms with Crippen LogP contribution in [-0.2, 0) is 6.54 Å². The van der Waals surface area contributed by atoms with Crippen molar-refractivity contribution in [2.45, 2.75) is 6.54 Å². The monoisotopic (exact) mass is 271 g/mol. The van der Waals surface area contributed by atoms with Gasteiger partial charge in [-0.15, -0.1) is 5.10 Å². The SMILES string of the molecule is O=c1ccc(F)cn1Cc1nnnn1-c1ccccc1.